The molecule has 1 aliphatic carbocycles. The molecule has 0 bridgehead atoms. The minimum Gasteiger partial charge on any atom is -0.317 e. The summed E-state index contributed by atoms with van der Waals surface area (Å²) in [7, 11) is -3.07. The summed E-state index contributed by atoms with van der Waals surface area (Å²) in [5, 5.41) is 3.31. The molecule has 0 amide bonds. The molecule has 1 heterocycles. The standard InChI is InChI=1S/C14H28N2O2S/c1-2-16(14-8-10-15-11-9-14)19(17,18)12-13-6-4-3-5-7-13/h13-15H,2-12H2,1H3. The minimum absolute atomic E-state index is 0.222. The lowest BCUT2D eigenvalue weighted by Gasteiger charge is -2.34. The minimum atomic E-state index is -3.07. The van der Waals surface area contributed by atoms with Crippen LogP contribution in [-0.4, -0.2) is 44.2 Å². The van der Waals surface area contributed by atoms with E-state index in [0.717, 1.165) is 38.8 Å². The highest BCUT2D eigenvalue weighted by Gasteiger charge is 2.31. The molecular formula is C14H28N2O2S. The Kier molecular flexibility index (Phi) is 5.66. The van der Waals surface area contributed by atoms with Crippen LogP contribution in [0.15, 0.2) is 0 Å². The van der Waals surface area contributed by atoms with Gasteiger partial charge in [0.2, 0.25) is 10.0 Å². The highest BCUT2D eigenvalue weighted by molar-refractivity contribution is 7.89. The van der Waals surface area contributed by atoms with Crippen molar-refractivity contribution in [3.05, 3.63) is 0 Å². The topological polar surface area (TPSA) is 49.4 Å². The first-order valence-corrected chi connectivity index (χ1v) is 9.44. The summed E-state index contributed by atoms with van der Waals surface area (Å²) >= 11 is 0. The SMILES string of the molecule is CCN(C1CCNCC1)S(=O)(=O)CC1CCCCC1. The highest BCUT2D eigenvalue weighted by atomic mass is 32.2. The monoisotopic (exact) mass is 288 g/mol. The van der Waals surface area contributed by atoms with Crippen LogP contribution >= 0.6 is 0 Å². The third-order valence-electron chi connectivity index (χ3n) is 4.56. The van der Waals surface area contributed by atoms with E-state index in [-0.39, 0.29) is 6.04 Å². The van der Waals surface area contributed by atoms with E-state index in [0.29, 0.717) is 18.2 Å². The van der Waals surface area contributed by atoms with E-state index in [1.807, 2.05) is 6.92 Å². The van der Waals surface area contributed by atoms with Crippen LogP contribution in [0.5, 0.6) is 0 Å². The summed E-state index contributed by atoms with van der Waals surface area (Å²) in [5.74, 6) is 0.777. The number of piperidine rings is 1. The zero-order valence-corrected chi connectivity index (χ0v) is 12.9. The Hall–Kier alpha value is -0.130. The number of hydrogen-bond donors (Lipinski definition) is 1. The summed E-state index contributed by atoms with van der Waals surface area (Å²) in [6.45, 7) is 4.49. The molecule has 2 aliphatic rings. The normalized spacial score (nSPS) is 23.9. The van der Waals surface area contributed by atoms with Gasteiger partial charge in [-0.15, -0.1) is 0 Å². The van der Waals surface area contributed by atoms with Crippen LogP contribution in [0.2, 0.25) is 0 Å². The van der Waals surface area contributed by atoms with E-state index in [2.05, 4.69) is 5.32 Å². The summed E-state index contributed by atoms with van der Waals surface area (Å²) in [5.41, 5.74) is 0. The third-order valence-corrected chi connectivity index (χ3v) is 6.72. The van der Waals surface area contributed by atoms with Crippen molar-refractivity contribution in [1.82, 2.24) is 9.62 Å². The van der Waals surface area contributed by atoms with Crippen LogP contribution in [0.1, 0.15) is 51.9 Å². The van der Waals surface area contributed by atoms with Gasteiger partial charge < -0.3 is 5.32 Å². The molecule has 5 heteroatoms. The van der Waals surface area contributed by atoms with Gasteiger partial charge in [-0.25, -0.2) is 8.42 Å². The summed E-state index contributed by atoms with van der Waals surface area (Å²) in [6.07, 6.45) is 7.81. The Bertz CT molecular complexity index is 358. The Morgan fingerprint density at radius 1 is 1.05 bits per heavy atom. The second kappa shape index (κ2) is 7.04. The maximum absolute atomic E-state index is 12.6. The summed E-state index contributed by atoms with van der Waals surface area (Å²) < 4.78 is 27.0. The molecule has 19 heavy (non-hydrogen) atoms. The highest BCUT2D eigenvalue weighted by Crippen LogP contribution is 2.27. The maximum Gasteiger partial charge on any atom is 0.214 e. The van der Waals surface area contributed by atoms with Gasteiger partial charge in [-0.2, -0.15) is 4.31 Å². The van der Waals surface area contributed by atoms with Crippen LogP contribution in [-0.2, 0) is 10.0 Å². The summed E-state index contributed by atoms with van der Waals surface area (Å²) in [4.78, 5) is 0. The van der Waals surface area contributed by atoms with Gasteiger partial charge in [0.15, 0.2) is 0 Å². The van der Waals surface area contributed by atoms with Crippen LogP contribution in [0.25, 0.3) is 0 Å². The van der Waals surface area contributed by atoms with E-state index in [9.17, 15) is 8.42 Å². The first-order chi connectivity index (χ1) is 9.13. The van der Waals surface area contributed by atoms with Crippen LogP contribution in [0.3, 0.4) is 0 Å². The molecule has 1 saturated carbocycles. The molecule has 0 aromatic heterocycles. The van der Waals surface area contributed by atoms with E-state index in [1.54, 1.807) is 4.31 Å². The second-order valence-electron chi connectivity index (χ2n) is 5.97. The molecule has 4 nitrogen and oxygen atoms in total. The van der Waals surface area contributed by atoms with Gasteiger partial charge in [0.25, 0.3) is 0 Å². The molecule has 0 aromatic rings. The lowest BCUT2D eigenvalue weighted by molar-refractivity contribution is 0.267. The molecule has 0 unspecified atom stereocenters. The molecule has 0 aromatic carbocycles. The van der Waals surface area contributed by atoms with Gasteiger partial charge in [-0.1, -0.05) is 26.2 Å². The van der Waals surface area contributed by atoms with E-state index < -0.39 is 10.0 Å². The van der Waals surface area contributed by atoms with Gasteiger partial charge in [0.1, 0.15) is 0 Å². The predicted octanol–water partition coefficient (Wildman–Crippen LogP) is 1.97. The smallest absolute Gasteiger partial charge is 0.214 e. The molecule has 0 radical (unpaired) electrons. The second-order valence-corrected chi connectivity index (χ2v) is 7.93. The lowest BCUT2D eigenvalue weighted by atomic mass is 9.91. The maximum atomic E-state index is 12.6. The Morgan fingerprint density at radius 3 is 2.26 bits per heavy atom. The third kappa shape index (κ3) is 4.17. The fourth-order valence-electron chi connectivity index (χ4n) is 3.52. The van der Waals surface area contributed by atoms with Crippen molar-refractivity contribution in [3.63, 3.8) is 0 Å². The van der Waals surface area contributed by atoms with Gasteiger partial charge in [0.05, 0.1) is 5.75 Å². The molecule has 2 rings (SSSR count). The number of hydrogen-bond acceptors (Lipinski definition) is 3. The summed E-state index contributed by atoms with van der Waals surface area (Å²) in [6, 6.07) is 0.222. The largest absolute Gasteiger partial charge is 0.317 e. The fourth-order valence-corrected chi connectivity index (χ4v) is 5.70. The molecule has 1 aliphatic heterocycles. The van der Waals surface area contributed by atoms with Gasteiger partial charge >= 0.3 is 0 Å². The van der Waals surface area contributed by atoms with Crippen molar-refractivity contribution >= 4 is 10.0 Å². The molecule has 2 fully saturated rings. The molecule has 0 atom stereocenters. The van der Waals surface area contributed by atoms with E-state index >= 15 is 0 Å². The Labute approximate surface area is 118 Å². The van der Waals surface area contributed by atoms with Crippen LogP contribution < -0.4 is 5.32 Å². The average molecular weight is 288 g/mol. The predicted molar refractivity (Wildman–Crippen MR) is 78.6 cm³/mol. The number of nitrogens with zero attached hydrogens (tertiary/aromatic N) is 1. The molecule has 112 valence electrons. The average Bonchev–Trinajstić information content (AvgIpc) is 2.41. The lowest BCUT2D eigenvalue weighted by Crippen LogP contribution is -2.47. The Morgan fingerprint density at radius 2 is 1.68 bits per heavy atom. The van der Waals surface area contributed by atoms with Crippen molar-refractivity contribution in [2.24, 2.45) is 5.92 Å². The van der Waals surface area contributed by atoms with Gasteiger partial charge in [-0.05, 0) is 44.7 Å². The fraction of sp³-hybridized carbons (Fsp3) is 1.00. The van der Waals surface area contributed by atoms with Gasteiger partial charge in [-0.3, -0.25) is 0 Å². The number of sulfonamides is 1. The van der Waals surface area contributed by atoms with Gasteiger partial charge in [0, 0.05) is 12.6 Å². The van der Waals surface area contributed by atoms with Crippen molar-refractivity contribution in [2.45, 2.75) is 57.9 Å². The quantitative estimate of drug-likeness (QED) is 0.841. The number of rotatable bonds is 5. The molecular weight excluding hydrogens is 260 g/mol. The first kappa shape index (κ1) is 15.3. The first-order valence-electron chi connectivity index (χ1n) is 7.83. The molecule has 1 saturated heterocycles. The van der Waals surface area contributed by atoms with Crippen molar-refractivity contribution in [3.8, 4) is 0 Å². The van der Waals surface area contributed by atoms with Crippen LogP contribution in [0.4, 0.5) is 0 Å². The number of nitrogens with one attached hydrogen (secondary N) is 1. The Balaban J connectivity index is 1.98. The zero-order chi connectivity index (χ0) is 13.7. The van der Waals surface area contributed by atoms with Crippen molar-refractivity contribution in [1.29, 1.82) is 0 Å². The zero-order valence-electron chi connectivity index (χ0n) is 12.1. The van der Waals surface area contributed by atoms with E-state index in [4.69, 9.17) is 0 Å². The molecule has 0 spiro atoms. The van der Waals surface area contributed by atoms with Crippen molar-refractivity contribution < 1.29 is 8.42 Å². The van der Waals surface area contributed by atoms with E-state index in [1.165, 1.54) is 19.3 Å². The van der Waals surface area contributed by atoms with Crippen LogP contribution in [0, 0.1) is 5.92 Å². The van der Waals surface area contributed by atoms with Crippen molar-refractivity contribution in [2.75, 3.05) is 25.4 Å². The molecule has 1 N–H and O–H groups in total.